The van der Waals surface area contributed by atoms with Crippen molar-refractivity contribution >= 4 is 27.6 Å². The molecular formula is C28H29F3N2O5S. The number of sulfonamides is 1. The van der Waals surface area contributed by atoms with Crippen molar-refractivity contribution in [2.45, 2.75) is 49.1 Å². The van der Waals surface area contributed by atoms with Crippen LogP contribution in [-0.4, -0.2) is 38.1 Å². The van der Waals surface area contributed by atoms with Gasteiger partial charge < -0.3 is 10.4 Å². The fourth-order valence-electron chi connectivity index (χ4n) is 3.88. The molecule has 1 saturated carbocycles. The van der Waals surface area contributed by atoms with Crippen molar-refractivity contribution < 1.29 is 36.3 Å². The summed E-state index contributed by atoms with van der Waals surface area (Å²) in [6, 6.07) is 24.1. The molecule has 0 bridgehead atoms. The van der Waals surface area contributed by atoms with Crippen molar-refractivity contribution in [3.63, 3.8) is 0 Å². The van der Waals surface area contributed by atoms with Crippen LogP contribution in [0.2, 0.25) is 0 Å². The number of aryl methyl sites for hydroxylation is 1. The molecule has 1 amide bonds. The van der Waals surface area contributed by atoms with E-state index < -0.39 is 27.6 Å². The summed E-state index contributed by atoms with van der Waals surface area (Å²) in [6.07, 6.45) is -1.82. The van der Waals surface area contributed by atoms with Crippen LogP contribution in [0.1, 0.15) is 36.5 Å². The fraction of sp³-hybridized carbons (Fsp3) is 0.286. The van der Waals surface area contributed by atoms with Crippen LogP contribution in [0.3, 0.4) is 0 Å². The molecule has 0 aromatic heterocycles. The minimum Gasteiger partial charge on any atom is -0.475 e. The van der Waals surface area contributed by atoms with Gasteiger partial charge in [-0.15, -0.1) is 0 Å². The van der Waals surface area contributed by atoms with Crippen molar-refractivity contribution in [3.05, 3.63) is 95.6 Å². The van der Waals surface area contributed by atoms with Crippen LogP contribution in [0, 0.1) is 0 Å². The zero-order valence-corrected chi connectivity index (χ0v) is 22.0. The maximum atomic E-state index is 12.8. The summed E-state index contributed by atoms with van der Waals surface area (Å²) in [5.41, 5.74) is 3.19. The van der Waals surface area contributed by atoms with Crippen LogP contribution in [0.25, 0.3) is 0 Å². The quantitative estimate of drug-likeness (QED) is 0.337. The van der Waals surface area contributed by atoms with E-state index in [4.69, 9.17) is 9.90 Å². The minimum atomic E-state index is -5.08. The molecular weight excluding hydrogens is 533 g/mol. The topological polar surface area (TPSA) is 113 Å². The summed E-state index contributed by atoms with van der Waals surface area (Å²) in [4.78, 5) is 22.0. The maximum absolute atomic E-state index is 12.8. The first-order valence-corrected chi connectivity index (χ1v) is 13.7. The molecule has 0 heterocycles. The van der Waals surface area contributed by atoms with Gasteiger partial charge in [0.1, 0.15) is 0 Å². The number of alkyl halides is 3. The van der Waals surface area contributed by atoms with Crippen molar-refractivity contribution in [3.8, 4) is 0 Å². The van der Waals surface area contributed by atoms with Gasteiger partial charge in [-0.05, 0) is 66.6 Å². The Kier molecular flexibility index (Phi) is 9.39. The third-order valence-electron chi connectivity index (χ3n) is 6.30. The zero-order valence-electron chi connectivity index (χ0n) is 21.2. The Morgan fingerprint density at radius 1 is 0.897 bits per heavy atom. The zero-order chi connectivity index (χ0) is 28.7. The first kappa shape index (κ1) is 29.7. The Balaban J connectivity index is 0.000000532. The highest BCUT2D eigenvalue weighted by Crippen LogP contribution is 2.48. The van der Waals surface area contributed by atoms with Gasteiger partial charge in [0.2, 0.25) is 5.91 Å². The van der Waals surface area contributed by atoms with Gasteiger partial charge in [-0.3, -0.25) is 9.52 Å². The molecule has 0 aliphatic heterocycles. The first-order chi connectivity index (χ1) is 18.4. The number of nitrogens with one attached hydrogen (secondary N) is 2. The standard InChI is InChI=1S/C26H28N2O3S.C2HF3O2/c1-2-20-8-14-24(15-9-20)32(30,31)28-23-12-10-22(11-13-23)26(17-18-26)25(29)27-19-16-21-6-4-3-5-7-21;3-2(4,5)1(6)7/h3-15,28H,2,16-19H2,1H3,(H,27,29);(H,6,7). The number of amides is 1. The molecule has 1 fully saturated rings. The third kappa shape index (κ3) is 8.06. The maximum Gasteiger partial charge on any atom is 0.490 e. The molecule has 7 nitrogen and oxygen atoms in total. The SMILES string of the molecule is CCc1ccc(S(=O)(=O)Nc2ccc(C3(C(=O)NCCc4ccccc4)CC3)cc2)cc1.O=C(O)C(F)(F)F. The summed E-state index contributed by atoms with van der Waals surface area (Å²) in [5, 5.41) is 10.2. The minimum absolute atomic E-state index is 0.0396. The number of rotatable bonds is 9. The van der Waals surface area contributed by atoms with Crippen LogP contribution in [0.4, 0.5) is 18.9 Å². The summed E-state index contributed by atoms with van der Waals surface area (Å²) in [6.45, 7) is 2.62. The average Bonchev–Trinajstić information content (AvgIpc) is 3.72. The molecule has 1 aliphatic carbocycles. The second-order valence-corrected chi connectivity index (χ2v) is 10.7. The lowest BCUT2D eigenvalue weighted by Gasteiger charge is -2.17. The molecule has 4 rings (SSSR count). The predicted molar refractivity (Wildman–Crippen MR) is 141 cm³/mol. The van der Waals surface area contributed by atoms with E-state index in [0.29, 0.717) is 12.2 Å². The second kappa shape index (κ2) is 12.3. The molecule has 0 radical (unpaired) electrons. The van der Waals surface area contributed by atoms with Gasteiger partial charge in [0, 0.05) is 12.2 Å². The molecule has 0 saturated heterocycles. The van der Waals surface area contributed by atoms with Crippen LogP contribution in [0.15, 0.2) is 83.8 Å². The normalized spacial score (nSPS) is 13.9. The lowest BCUT2D eigenvalue weighted by Crippen LogP contribution is -2.35. The molecule has 0 unspecified atom stereocenters. The van der Waals surface area contributed by atoms with Gasteiger partial charge in [-0.1, -0.05) is 61.5 Å². The number of carboxylic acids is 1. The Morgan fingerprint density at radius 2 is 1.46 bits per heavy atom. The number of halogens is 3. The molecule has 0 spiro atoms. The summed E-state index contributed by atoms with van der Waals surface area (Å²) < 4.78 is 59.7. The third-order valence-corrected chi connectivity index (χ3v) is 7.70. The summed E-state index contributed by atoms with van der Waals surface area (Å²) >= 11 is 0. The van der Waals surface area contributed by atoms with E-state index in [9.17, 15) is 26.4 Å². The number of benzene rings is 3. The van der Waals surface area contributed by atoms with Gasteiger partial charge in [0.05, 0.1) is 10.3 Å². The highest BCUT2D eigenvalue weighted by atomic mass is 32.2. The van der Waals surface area contributed by atoms with E-state index in [-0.39, 0.29) is 10.8 Å². The molecule has 3 aromatic rings. The summed E-state index contributed by atoms with van der Waals surface area (Å²) in [7, 11) is -3.66. The van der Waals surface area contributed by atoms with E-state index in [2.05, 4.69) is 22.2 Å². The van der Waals surface area contributed by atoms with Crippen molar-refractivity contribution in [1.82, 2.24) is 5.32 Å². The van der Waals surface area contributed by atoms with Crippen molar-refractivity contribution in [2.24, 2.45) is 0 Å². The van der Waals surface area contributed by atoms with Crippen molar-refractivity contribution in [1.29, 1.82) is 0 Å². The second-order valence-electron chi connectivity index (χ2n) is 9.06. The molecule has 11 heteroatoms. The average molecular weight is 563 g/mol. The number of anilines is 1. The predicted octanol–water partition coefficient (Wildman–Crippen LogP) is 5.07. The number of carboxylic acid groups (broad SMARTS) is 1. The van der Waals surface area contributed by atoms with E-state index in [0.717, 1.165) is 36.8 Å². The van der Waals surface area contributed by atoms with E-state index in [1.54, 1.807) is 24.3 Å². The van der Waals surface area contributed by atoms with Crippen LogP contribution in [-0.2, 0) is 37.9 Å². The van der Waals surface area contributed by atoms with E-state index >= 15 is 0 Å². The van der Waals surface area contributed by atoms with Gasteiger partial charge in [0.15, 0.2) is 0 Å². The van der Waals surface area contributed by atoms with E-state index in [1.807, 2.05) is 49.4 Å². The number of hydrogen-bond acceptors (Lipinski definition) is 4. The fourth-order valence-corrected chi connectivity index (χ4v) is 4.94. The Morgan fingerprint density at radius 3 is 1.95 bits per heavy atom. The van der Waals surface area contributed by atoms with Crippen LogP contribution >= 0.6 is 0 Å². The van der Waals surface area contributed by atoms with Crippen LogP contribution in [0.5, 0.6) is 0 Å². The number of aliphatic carboxylic acids is 1. The van der Waals surface area contributed by atoms with Crippen molar-refractivity contribution in [2.75, 3.05) is 11.3 Å². The summed E-state index contributed by atoms with van der Waals surface area (Å²) in [5.74, 6) is -2.72. The largest absolute Gasteiger partial charge is 0.490 e. The Bertz CT molecular complexity index is 1370. The van der Waals surface area contributed by atoms with Crippen LogP contribution < -0.4 is 10.0 Å². The highest BCUT2D eigenvalue weighted by molar-refractivity contribution is 7.92. The molecule has 208 valence electrons. The van der Waals surface area contributed by atoms with Gasteiger partial charge in [-0.25, -0.2) is 13.2 Å². The van der Waals surface area contributed by atoms with Gasteiger partial charge in [-0.2, -0.15) is 13.2 Å². The number of carbonyl (C=O) groups excluding carboxylic acids is 1. The monoisotopic (exact) mass is 562 g/mol. The van der Waals surface area contributed by atoms with Gasteiger partial charge in [0.25, 0.3) is 10.0 Å². The smallest absolute Gasteiger partial charge is 0.475 e. The highest BCUT2D eigenvalue weighted by Gasteiger charge is 2.51. The number of hydrogen-bond donors (Lipinski definition) is 3. The van der Waals surface area contributed by atoms with Gasteiger partial charge >= 0.3 is 12.1 Å². The Labute approximate surface area is 225 Å². The number of carbonyl (C=O) groups is 2. The molecule has 39 heavy (non-hydrogen) atoms. The Hall–Kier alpha value is -3.86. The molecule has 0 atom stereocenters. The molecule has 3 aromatic carbocycles. The first-order valence-electron chi connectivity index (χ1n) is 12.2. The lowest BCUT2D eigenvalue weighted by atomic mass is 9.94. The van der Waals surface area contributed by atoms with E-state index in [1.165, 1.54) is 5.56 Å². The lowest BCUT2D eigenvalue weighted by molar-refractivity contribution is -0.192. The molecule has 1 aliphatic rings. The molecule has 3 N–H and O–H groups in total.